The van der Waals surface area contributed by atoms with Crippen molar-refractivity contribution in [1.82, 2.24) is 9.97 Å². The standard InChI is InChI=1S/C27H33N3O2/c1-6-32-24(31)16-23-18(2)29-19(3)25(26(23)30-13-10-27(4,5)11-14-30)21-8-7-20-9-12-28-17-22(20)15-21/h7-9,12,15,17H,6,10-11,13-14,16H2,1-5H3. The number of carbonyl (C=O) groups excluding carboxylic acids is 1. The second kappa shape index (κ2) is 8.89. The summed E-state index contributed by atoms with van der Waals surface area (Å²) >= 11 is 0. The number of piperidine rings is 1. The molecular weight excluding hydrogens is 398 g/mol. The zero-order valence-electron chi connectivity index (χ0n) is 19.9. The van der Waals surface area contributed by atoms with E-state index in [2.05, 4.69) is 48.9 Å². The summed E-state index contributed by atoms with van der Waals surface area (Å²) in [6.07, 6.45) is 6.20. The molecule has 1 aliphatic heterocycles. The molecule has 5 heteroatoms. The van der Waals surface area contributed by atoms with E-state index in [1.54, 1.807) is 0 Å². The maximum Gasteiger partial charge on any atom is 0.310 e. The van der Waals surface area contributed by atoms with Gasteiger partial charge in [-0.05, 0) is 62.1 Å². The van der Waals surface area contributed by atoms with Gasteiger partial charge in [0.1, 0.15) is 0 Å². The molecule has 0 bridgehead atoms. The predicted molar refractivity (Wildman–Crippen MR) is 130 cm³/mol. The van der Waals surface area contributed by atoms with Crippen LogP contribution in [0.3, 0.4) is 0 Å². The van der Waals surface area contributed by atoms with Gasteiger partial charge in [0.05, 0.1) is 18.7 Å². The first-order chi connectivity index (χ1) is 15.3. The Hall–Kier alpha value is -2.95. The van der Waals surface area contributed by atoms with Crippen LogP contribution in [0.4, 0.5) is 5.69 Å². The van der Waals surface area contributed by atoms with Gasteiger partial charge in [0, 0.05) is 53.4 Å². The van der Waals surface area contributed by atoms with Crippen molar-refractivity contribution in [3.05, 3.63) is 53.6 Å². The molecule has 1 fully saturated rings. The van der Waals surface area contributed by atoms with E-state index in [0.717, 1.165) is 70.5 Å². The van der Waals surface area contributed by atoms with Crippen molar-refractivity contribution in [3.8, 4) is 11.1 Å². The van der Waals surface area contributed by atoms with E-state index >= 15 is 0 Å². The number of benzene rings is 1. The minimum Gasteiger partial charge on any atom is -0.466 e. The van der Waals surface area contributed by atoms with Crippen LogP contribution in [0, 0.1) is 19.3 Å². The lowest BCUT2D eigenvalue weighted by Gasteiger charge is -2.40. The molecule has 1 saturated heterocycles. The number of aromatic nitrogens is 2. The van der Waals surface area contributed by atoms with Crippen molar-refractivity contribution in [1.29, 1.82) is 0 Å². The second-order valence-corrected chi connectivity index (χ2v) is 9.56. The number of aryl methyl sites for hydroxylation is 2. The molecule has 1 aliphatic rings. The molecule has 0 spiro atoms. The molecule has 1 aromatic carbocycles. The van der Waals surface area contributed by atoms with Crippen LogP contribution in [0.1, 0.15) is 50.6 Å². The Labute approximate surface area is 190 Å². The Kier molecular flexibility index (Phi) is 6.18. The molecule has 2 aromatic heterocycles. The maximum atomic E-state index is 12.5. The van der Waals surface area contributed by atoms with Crippen molar-refractivity contribution < 1.29 is 9.53 Å². The van der Waals surface area contributed by atoms with E-state index in [1.807, 2.05) is 32.3 Å². The lowest BCUT2D eigenvalue weighted by Crippen LogP contribution is -2.38. The zero-order valence-corrected chi connectivity index (χ0v) is 19.9. The third kappa shape index (κ3) is 4.47. The highest BCUT2D eigenvalue weighted by Crippen LogP contribution is 2.42. The molecule has 0 atom stereocenters. The van der Waals surface area contributed by atoms with Crippen LogP contribution < -0.4 is 4.90 Å². The number of esters is 1. The molecule has 0 unspecified atom stereocenters. The summed E-state index contributed by atoms with van der Waals surface area (Å²) < 4.78 is 5.32. The van der Waals surface area contributed by atoms with Crippen LogP contribution in [-0.2, 0) is 16.0 Å². The first-order valence-corrected chi connectivity index (χ1v) is 11.5. The van der Waals surface area contributed by atoms with Crippen molar-refractivity contribution in [2.24, 2.45) is 5.41 Å². The van der Waals surface area contributed by atoms with E-state index < -0.39 is 0 Å². The minimum atomic E-state index is -0.200. The Morgan fingerprint density at radius 3 is 2.56 bits per heavy atom. The molecular formula is C27H33N3O2. The topological polar surface area (TPSA) is 55.3 Å². The van der Waals surface area contributed by atoms with Gasteiger partial charge in [-0.25, -0.2) is 0 Å². The Morgan fingerprint density at radius 1 is 1.09 bits per heavy atom. The summed E-state index contributed by atoms with van der Waals surface area (Å²) in [5.74, 6) is -0.200. The first-order valence-electron chi connectivity index (χ1n) is 11.5. The fourth-order valence-corrected chi connectivity index (χ4v) is 4.71. The normalized spacial score (nSPS) is 15.7. The fourth-order valence-electron chi connectivity index (χ4n) is 4.71. The van der Waals surface area contributed by atoms with Crippen LogP contribution >= 0.6 is 0 Å². The number of pyridine rings is 2. The molecule has 0 aliphatic carbocycles. The van der Waals surface area contributed by atoms with E-state index in [1.165, 1.54) is 0 Å². The van der Waals surface area contributed by atoms with Gasteiger partial charge in [-0.1, -0.05) is 26.0 Å². The second-order valence-electron chi connectivity index (χ2n) is 9.56. The molecule has 3 heterocycles. The van der Waals surface area contributed by atoms with Crippen LogP contribution in [-0.4, -0.2) is 35.6 Å². The molecule has 168 valence electrons. The molecule has 0 radical (unpaired) electrons. The van der Waals surface area contributed by atoms with Crippen LogP contribution in [0.15, 0.2) is 36.7 Å². The first kappa shape index (κ1) is 22.3. The van der Waals surface area contributed by atoms with Gasteiger partial charge in [-0.15, -0.1) is 0 Å². The highest BCUT2D eigenvalue weighted by atomic mass is 16.5. The van der Waals surface area contributed by atoms with Gasteiger partial charge in [-0.2, -0.15) is 0 Å². The van der Waals surface area contributed by atoms with Crippen molar-refractivity contribution in [2.75, 3.05) is 24.6 Å². The SMILES string of the molecule is CCOC(=O)Cc1c(C)nc(C)c(-c2ccc3ccncc3c2)c1N1CCC(C)(C)CC1. The monoisotopic (exact) mass is 431 g/mol. The summed E-state index contributed by atoms with van der Waals surface area (Å²) in [7, 11) is 0. The quantitative estimate of drug-likeness (QED) is 0.489. The van der Waals surface area contributed by atoms with Crippen molar-refractivity contribution in [3.63, 3.8) is 0 Å². The highest BCUT2D eigenvalue weighted by molar-refractivity contribution is 5.92. The van der Waals surface area contributed by atoms with E-state index in [-0.39, 0.29) is 12.4 Å². The van der Waals surface area contributed by atoms with Gasteiger partial charge in [0.15, 0.2) is 0 Å². The molecule has 0 amide bonds. The van der Waals surface area contributed by atoms with Gasteiger partial charge in [0.25, 0.3) is 0 Å². The number of ether oxygens (including phenoxy) is 1. The molecule has 4 rings (SSSR count). The summed E-state index contributed by atoms with van der Waals surface area (Å²) in [6.45, 7) is 12.9. The molecule has 3 aromatic rings. The summed E-state index contributed by atoms with van der Waals surface area (Å²) in [5.41, 5.74) is 6.57. The number of hydrogen-bond acceptors (Lipinski definition) is 5. The predicted octanol–water partition coefficient (Wildman–Crippen LogP) is 5.65. The smallest absolute Gasteiger partial charge is 0.310 e. The summed E-state index contributed by atoms with van der Waals surface area (Å²) in [5, 5.41) is 2.26. The van der Waals surface area contributed by atoms with Crippen LogP contribution in [0.25, 0.3) is 21.9 Å². The zero-order chi connectivity index (χ0) is 22.9. The van der Waals surface area contributed by atoms with Gasteiger partial charge >= 0.3 is 5.97 Å². The fraction of sp³-hybridized carbons (Fsp3) is 0.444. The Balaban J connectivity index is 1.90. The summed E-state index contributed by atoms with van der Waals surface area (Å²) in [6, 6.07) is 8.51. The molecule has 0 saturated carbocycles. The van der Waals surface area contributed by atoms with E-state index in [9.17, 15) is 4.79 Å². The number of hydrogen-bond donors (Lipinski definition) is 0. The number of fused-ring (bicyclic) bond motifs is 1. The van der Waals surface area contributed by atoms with Gasteiger partial charge in [0.2, 0.25) is 0 Å². The minimum absolute atomic E-state index is 0.200. The van der Waals surface area contributed by atoms with Gasteiger partial charge < -0.3 is 9.64 Å². The van der Waals surface area contributed by atoms with Gasteiger partial charge in [-0.3, -0.25) is 14.8 Å². The maximum absolute atomic E-state index is 12.5. The molecule has 0 N–H and O–H groups in total. The average molecular weight is 432 g/mol. The van der Waals surface area contributed by atoms with Crippen molar-refractivity contribution in [2.45, 2.75) is 53.9 Å². The lowest BCUT2D eigenvalue weighted by atomic mass is 9.82. The largest absolute Gasteiger partial charge is 0.466 e. The number of nitrogens with zero attached hydrogens (tertiary/aromatic N) is 3. The summed E-state index contributed by atoms with van der Waals surface area (Å²) in [4.78, 5) is 24.2. The van der Waals surface area contributed by atoms with E-state index in [4.69, 9.17) is 9.72 Å². The number of rotatable bonds is 5. The van der Waals surface area contributed by atoms with E-state index in [0.29, 0.717) is 12.0 Å². The van der Waals surface area contributed by atoms with Crippen LogP contribution in [0.2, 0.25) is 0 Å². The lowest BCUT2D eigenvalue weighted by molar-refractivity contribution is -0.142. The van der Waals surface area contributed by atoms with Crippen molar-refractivity contribution >= 4 is 22.4 Å². The number of carbonyl (C=O) groups is 1. The average Bonchev–Trinajstić information content (AvgIpc) is 2.75. The number of anilines is 1. The third-order valence-electron chi connectivity index (χ3n) is 6.65. The van der Waals surface area contributed by atoms with Crippen LogP contribution in [0.5, 0.6) is 0 Å². The Morgan fingerprint density at radius 2 is 1.84 bits per heavy atom. The molecule has 32 heavy (non-hydrogen) atoms. The molecule has 5 nitrogen and oxygen atoms in total. The third-order valence-corrected chi connectivity index (χ3v) is 6.65. The highest BCUT2D eigenvalue weighted by Gasteiger charge is 2.30. The Bertz CT molecular complexity index is 1140.